The molecular weight excluding hydrogens is 406 g/mol. The van der Waals surface area contributed by atoms with E-state index in [0.717, 1.165) is 21.3 Å². The maximum Gasteiger partial charge on any atom is 0.246 e. The Kier molecular flexibility index (Phi) is 6.45. The van der Waals surface area contributed by atoms with Gasteiger partial charge in [-0.05, 0) is 37.1 Å². The number of piperidine rings is 1. The lowest BCUT2D eigenvalue weighted by Crippen LogP contribution is -2.39. The highest BCUT2D eigenvalue weighted by molar-refractivity contribution is 9.10. The third-order valence-electron chi connectivity index (χ3n) is 4.83. The van der Waals surface area contributed by atoms with Gasteiger partial charge in [-0.15, -0.1) is 0 Å². The molecule has 3 rings (SSSR count). The summed E-state index contributed by atoms with van der Waals surface area (Å²) in [6, 6.07) is 15.0. The van der Waals surface area contributed by atoms with Gasteiger partial charge < -0.3 is 9.64 Å². The number of carbonyl (C=O) groups excluding carboxylic acids is 2. The number of ketones is 1. The molecule has 0 bridgehead atoms. The molecule has 0 unspecified atom stereocenters. The van der Waals surface area contributed by atoms with Crippen LogP contribution in [0.15, 0.2) is 59.1 Å². The zero-order valence-corrected chi connectivity index (χ0v) is 16.8. The monoisotopic (exact) mass is 427 g/mol. The average molecular weight is 428 g/mol. The number of rotatable bonds is 5. The van der Waals surface area contributed by atoms with Crippen molar-refractivity contribution in [3.8, 4) is 5.75 Å². The minimum absolute atomic E-state index is 0.00870. The van der Waals surface area contributed by atoms with Crippen LogP contribution in [0.2, 0.25) is 0 Å². The van der Waals surface area contributed by atoms with Crippen molar-refractivity contribution in [1.82, 2.24) is 4.90 Å². The molecule has 1 aliphatic rings. The number of carbonyl (C=O) groups is 2. The van der Waals surface area contributed by atoms with E-state index < -0.39 is 0 Å². The van der Waals surface area contributed by atoms with Gasteiger partial charge in [-0.25, -0.2) is 0 Å². The highest BCUT2D eigenvalue weighted by Gasteiger charge is 2.27. The summed E-state index contributed by atoms with van der Waals surface area (Å²) in [5, 5.41) is 0. The quantitative estimate of drug-likeness (QED) is 0.517. The van der Waals surface area contributed by atoms with Crippen LogP contribution in [0.3, 0.4) is 0 Å². The lowest BCUT2D eigenvalue weighted by atomic mass is 9.89. The molecule has 4 nitrogen and oxygen atoms in total. The number of hydrogen-bond donors (Lipinski definition) is 0. The van der Waals surface area contributed by atoms with Gasteiger partial charge in [-0.1, -0.05) is 46.3 Å². The summed E-state index contributed by atoms with van der Waals surface area (Å²) < 4.78 is 6.25. The van der Waals surface area contributed by atoms with Crippen LogP contribution in [0, 0.1) is 5.92 Å². The van der Waals surface area contributed by atoms with Crippen molar-refractivity contribution in [3.05, 3.63) is 70.2 Å². The Morgan fingerprint density at radius 1 is 1.11 bits per heavy atom. The van der Waals surface area contributed by atoms with E-state index in [2.05, 4.69) is 15.9 Å². The molecule has 2 aromatic carbocycles. The Balaban J connectivity index is 1.59. The first-order valence-electron chi connectivity index (χ1n) is 8.98. The van der Waals surface area contributed by atoms with Crippen molar-refractivity contribution in [1.29, 1.82) is 0 Å². The number of methoxy groups -OCH3 is 1. The minimum Gasteiger partial charge on any atom is -0.496 e. The Morgan fingerprint density at radius 2 is 1.81 bits per heavy atom. The fourth-order valence-electron chi connectivity index (χ4n) is 3.30. The van der Waals surface area contributed by atoms with Crippen LogP contribution in [0.4, 0.5) is 0 Å². The molecule has 1 amide bonds. The number of hydrogen-bond acceptors (Lipinski definition) is 3. The topological polar surface area (TPSA) is 46.6 Å². The summed E-state index contributed by atoms with van der Waals surface area (Å²) in [5.41, 5.74) is 1.60. The van der Waals surface area contributed by atoms with Gasteiger partial charge in [-0.3, -0.25) is 9.59 Å². The first-order chi connectivity index (χ1) is 13.1. The van der Waals surface area contributed by atoms with Crippen molar-refractivity contribution >= 4 is 33.7 Å². The molecule has 140 valence electrons. The van der Waals surface area contributed by atoms with Gasteiger partial charge in [0.1, 0.15) is 5.75 Å². The van der Waals surface area contributed by atoms with Crippen LogP contribution < -0.4 is 4.74 Å². The van der Waals surface area contributed by atoms with E-state index in [-0.39, 0.29) is 17.6 Å². The molecule has 27 heavy (non-hydrogen) atoms. The molecule has 0 N–H and O–H groups in total. The van der Waals surface area contributed by atoms with E-state index in [1.54, 1.807) is 24.2 Å². The zero-order valence-electron chi connectivity index (χ0n) is 15.2. The largest absolute Gasteiger partial charge is 0.496 e. The number of Topliss-reactive ketones (excluding diaryl/α,β-unsaturated/α-hetero) is 1. The van der Waals surface area contributed by atoms with E-state index in [0.29, 0.717) is 25.9 Å². The first-order valence-corrected chi connectivity index (χ1v) is 9.77. The summed E-state index contributed by atoms with van der Waals surface area (Å²) in [4.78, 5) is 26.9. The standard InChI is InChI=1S/C22H22BrNO3/c1-27-20-9-8-19(23)15-18(20)7-10-21(25)24-13-11-17(12-14-24)22(26)16-5-3-2-4-6-16/h2-10,15,17H,11-14H2,1H3/b10-7+. The third-order valence-corrected chi connectivity index (χ3v) is 5.33. The van der Waals surface area contributed by atoms with Crippen LogP contribution >= 0.6 is 15.9 Å². The Hall–Kier alpha value is -2.40. The van der Waals surface area contributed by atoms with Crippen LogP contribution in [-0.4, -0.2) is 36.8 Å². The highest BCUT2D eigenvalue weighted by Crippen LogP contribution is 2.25. The maximum atomic E-state index is 12.6. The number of amides is 1. The second-order valence-corrected chi connectivity index (χ2v) is 7.47. The average Bonchev–Trinajstić information content (AvgIpc) is 2.72. The van der Waals surface area contributed by atoms with Crippen LogP contribution in [0.5, 0.6) is 5.75 Å². The molecule has 0 aliphatic carbocycles. The predicted molar refractivity (Wildman–Crippen MR) is 110 cm³/mol. The molecule has 1 aliphatic heterocycles. The second kappa shape index (κ2) is 9.00. The van der Waals surface area contributed by atoms with Crippen LogP contribution in [0.1, 0.15) is 28.8 Å². The zero-order chi connectivity index (χ0) is 19.2. The fraction of sp³-hybridized carbons (Fsp3) is 0.273. The van der Waals surface area contributed by atoms with Crippen molar-refractivity contribution in [2.45, 2.75) is 12.8 Å². The number of likely N-dealkylation sites (tertiary alicyclic amines) is 1. The number of nitrogens with zero attached hydrogens (tertiary/aromatic N) is 1. The number of benzene rings is 2. The lowest BCUT2D eigenvalue weighted by Gasteiger charge is -2.30. The van der Waals surface area contributed by atoms with Crippen molar-refractivity contribution < 1.29 is 14.3 Å². The Morgan fingerprint density at radius 3 is 2.48 bits per heavy atom. The smallest absolute Gasteiger partial charge is 0.246 e. The van der Waals surface area contributed by atoms with Crippen LogP contribution in [0.25, 0.3) is 6.08 Å². The first kappa shape index (κ1) is 19.4. The van der Waals surface area contributed by atoms with Crippen molar-refractivity contribution in [2.24, 2.45) is 5.92 Å². The second-order valence-electron chi connectivity index (χ2n) is 6.55. The fourth-order valence-corrected chi connectivity index (χ4v) is 3.68. The van der Waals surface area contributed by atoms with Gasteiger partial charge in [0.2, 0.25) is 5.91 Å². The van der Waals surface area contributed by atoms with E-state index in [9.17, 15) is 9.59 Å². The third kappa shape index (κ3) is 4.86. The van der Waals surface area contributed by atoms with E-state index >= 15 is 0 Å². The van der Waals surface area contributed by atoms with E-state index in [1.807, 2.05) is 48.5 Å². The van der Waals surface area contributed by atoms with Crippen LogP contribution in [-0.2, 0) is 4.79 Å². The molecule has 1 fully saturated rings. The highest BCUT2D eigenvalue weighted by atomic mass is 79.9. The summed E-state index contributed by atoms with van der Waals surface area (Å²) in [7, 11) is 1.61. The molecule has 1 heterocycles. The SMILES string of the molecule is COc1ccc(Br)cc1/C=C/C(=O)N1CCC(C(=O)c2ccccc2)CC1. The summed E-state index contributed by atoms with van der Waals surface area (Å²) in [5.74, 6) is 0.847. The number of halogens is 1. The summed E-state index contributed by atoms with van der Waals surface area (Å²) in [6.45, 7) is 1.20. The van der Waals surface area contributed by atoms with E-state index in [1.165, 1.54) is 0 Å². The Bertz CT molecular complexity index is 840. The minimum atomic E-state index is -0.0392. The molecule has 0 aromatic heterocycles. The van der Waals surface area contributed by atoms with Crippen molar-refractivity contribution in [2.75, 3.05) is 20.2 Å². The van der Waals surface area contributed by atoms with Gasteiger partial charge in [-0.2, -0.15) is 0 Å². The molecular formula is C22H22BrNO3. The van der Waals surface area contributed by atoms with Gasteiger partial charge >= 0.3 is 0 Å². The molecule has 0 spiro atoms. The lowest BCUT2D eigenvalue weighted by molar-refractivity contribution is -0.127. The molecule has 0 radical (unpaired) electrons. The van der Waals surface area contributed by atoms with E-state index in [4.69, 9.17) is 4.74 Å². The molecule has 2 aromatic rings. The molecule has 0 atom stereocenters. The van der Waals surface area contributed by atoms with Gasteiger partial charge in [0.25, 0.3) is 0 Å². The normalized spacial score (nSPS) is 15.1. The van der Waals surface area contributed by atoms with Gasteiger partial charge in [0.15, 0.2) is 5.78 Å². The van der Waals surface area contributed by atoms with Gasteiger partial charge in [0, 0.05) is 40.7 Å². The van der Waals surface area contributed by atoms with Gasteiger partial charge in [0.05, 0.1) is 7.11 Å². The molecule has 5 heteroatoms. The predicted octanol–water partition coefficient (Wildman–Crippen LogP) is 4.59. The summed E-state index contributed by atoms with van der Waals surface area (Å²) in [6.07, 6.45) is 4.75. The molecule has 1 saturated heterocycles. The maximum absolute atomic E-state index is 12.6. The molecule has 0 saturated carbocycles. The van der Waals surface area contributed by atoms with Crippen molar-refractivity contribution in [3.63, 3.8) is 0 Å². The Labute approximate surface area is 168 Å². The number of ether oxygens (including phenoxy) is 1. The summed E-state index contributed by atoms with van der Waals surface area (Å²) >= 11 is 3.43.